The van der Waals surface area contributed by atoms with Gasteiger partial charge in [-0.3, -0.25) is 4.79 Å². The lowest BCUT2D eigenvalue weighted by molar-refractivity contribution is 0.967. The van der Waals surface area contributed by atoms with Crippen LogP contribution in [0.25, 0.3) is 11.4 Å². The summed E-state index contributed by atoms with van der Waals surface area (Å²) in [7, 11) is 0. The third kappa shape index (κ3) is 2.38. The Morgan fingerprint density at radius 3 is 2.61 bits per heavy atom. The van der Waals surface area contributed by atoms with Crippen LogP contribution < -0.4 is 5.56 Å². The third-order valence-corrected chi connectivity index (χ3v) is 3.90. The van der Waals surface area contributed by atoms with Gasteiger partial charge in [-0.1, -0.05) is 28.9 Å². The molecule has 0 aliphatic carbocycles. The highest BCUT2D eigenvalue weighted by atomic mass is 79.9. The second-order valence-electron chi connectivity index (χ2n) is 4.30. The van der Waals surface area contributed by atoms with E-state index in [-0.39, 0.29) is 5.56 Å². The van der Waals surface area contributed by atoms with E-state index in [0.717, 1.165) is 26.9 Å². The van der Waals surface area contributed by atoms with Crippen molar-refractivity contribution in [3.8, 4) is 11.4 Å². The summed E-state index contributed by atoms with van der Waals surface area (Å²) < 4.78 is 1.05. The van der Waals surface area contributed by atoms with Crippen molar-refractivity contribution in [2.75, 3.05) is 0 Å². The Bertz CT molecular complexity index is 647. The molecule has 0 aliphatic rings. The van der Waals surface area contributed by atoms with Crippen LogP contribution in [0, 0.1) is 13.8 Å². The van der Waals surface area contributed by atoms with Gasteiger partial charge in [0.25, 0.3) is 5.56 Å². The Labute approximate surface area is 114 Å². The fraction of sp³-hybridized carbons (Fsp3) is 0.286. The molecule has 94 valence electrons. The van der Waals surface area contributed by atoms with Crippen molar-refractivity contribution in [3.05, 3.63) is 49.8 Å². The average Bonchev–Trinajstić information content (AvgIpc) is 2.32. The SMILES string of the molecule is CCc1c(C)nc(-c2ccc(Br)c(C)c2)[nH]c1=O. The third-order valence-electron chi connectivity index (χ3n) is 3.01. The van der Waals surface area contributed by atoms with Gasteiger partial charge in [-0.2, -0.15) is 0 Å². The molecule has 0 radical (unpaired) electrons. The van der Waals surface area contributed by atoms with Gasteiger partial charge in [0.1, 0.15) is 5.82 Å². The van der Waals surface area contributed by atoms with Gasteiger partial charge in [-0.25, -0.2) is 4.98 Å². The number of nitrogens with zero attached hydrogens (tertiary/aromatic N) is 1. The van der Waals surface area contributed by atoms with Crippen molar-refractivity contribution in [2.45, 2.75) is 27.2 Å². The first kappa shape index (κ1) is 13.0. The van der Waals surface area contributed by atoms with Crippen molar-refractivity contribution in [1.29, 1.82) is 0 Å². The van der Waals surface area contributed by atoms with Crippen LogP contribution >= 0.6 is 15.9 Å². The number of H-pyrrole nitrogens is 1. The number of aryl methyl sites for hydroxylation is 2. The van der Waals surface area contributed by atoms with Crippen molar-refractivity contribution in [3.63, 3.8) is 0 Å². The van der Waals surface area contributed by atoms with Gasteiger partial charge in [0, 0.05) is 21.3 Å². The fourth-order valence-electron chi connectivity index (χ4n) is 1.96. The van der Waals surface area contributed by atoms with Gasteiger partial charge >= 0.3 is 0 Å². The summed E-state index contributed by atoms with van der Waals surface area (Å²) in [6, 6.07) is 5.92. The van der Waals surface area contributed by atoms with Crippen LogP contribution in [0.15, 0.2) is 27.5 Å². The zero-order chi connectivity index (χ0) is 13.3. The predicted molar refractivity (Wildman–Crippen MR) is 76.8 cm³/mol. The molecule has 1 heterocycles. The number of rotatable bonds is 2. The molecule has 0 bridgehead atoms. The predicted octanol–water partition coefficient (Wildman–Crippen LogP) is 3.38. The molecule has 2 aromatic rings. The van der Waals surface area contributed by atoms with Gasteiger partial charge in [0.15, 0.2) is 0 Å². The molecule has 0 saturated carbocycles. The Kier molecular flexibility index (Phi) is 3.66. The first-order valence-corrected chi connectivity index (χ1v) is 6.68. The summed E-state index contributed by atoms with van der Waals surface area (Å²) in [6.07, 6.45) is 0.702. The second kappa shape index (κ2) is 5.06. The van der Waals surface area contributed by atoms with Gasteiger partial charge in [0.05, 0.1) is 0 Å². The standard InChI is InChI=1S/C14H15BrN2O/c1-4-11-9(3)16-13(17-14(11)18)10-5-6-12(15)8(2)7-10/h5-7H,4H2,1-3H3,(H,16,17,18). The molecule has 18 heavy (non-hydrogen) atoms. The molecule has 1 aromatic carbocycles. The summed E-state index contributed by atoms with van der Waals surface area (Å²) in [5.74, 6) is 0.630. The van der Waals surface area contributed by atoms with Crippen LogP contribution in [0.1, 0.15) is 23.7 Å². The highest BCUT2D eigenvalue weighted by Crippen LogP contribution is 2.22. The van der Waals surface area contributed by atoms with Gasteiger partial charge < -0.3 is 4.98 Å². The lowest BCUT2D eigenvalue weighted by Gasteiger charge is -2.07. The van der Waals surface area contributed by atoms with Gasteiger partial charge in [-0.05, 0) is 38.0 Å². The quantitative estimate of drug-likeness (QED) is 0.924. The molecule has 0 spiro atoms. The normalized spacial score (nSPS) is 10.7. The first-order valence-electron chi connectivity index (χ1n) is 5.89. The van der Waals surface area contributed by atoms with E-state index in [4.69, 9.17) is 0 Å². The van der Waals surface area contributed by atoms with Crippen molar-refractivity contribution < 1.29 is 0 Å². The zero-order valence-electron chi connectivity index (χ0n) is 10.7. The Balaban J connectivity index is 2.58. The van der Waals surface area contributed by atoms with Gasteiger partial charge in [0.2, 0.25) is 0 Å². The van der Waals surface area contributed by atoms with Crippen molar-refractivity contribution in [2.24, 2.45) is 0 Å². The summed E-state index contributed by atoms with van der Waals surface area (Å²) in [5.41, 5.74) is 3.57. The minimum Gasteiger partial charge on any atom is -0.306 e. The smallest absolute Gasteiger partial charge is 0.254 e. The maximum absolute atomic E-state index is 11.9. The molecule has 3 nitrogen and oxygen atoms in total. The van der Waals surface area contributed by atoms with E-state index in [1.54, 1.807) is 0 Å². The monoisotopic (exact) mass is 306 g/mol. The number of hydrogen-bond acceptors (Lipinski definition) is 2. The van der Waals surface area contributed by atoms with E-state index in [0.29, 0.717) is 12.2 Å². The highest BCUT2D eigenvalue weighted by molar-refractivity contribution is 9.10. The summed E-state index contributed by atoms with van der Waals surface area (Å²) in [4.78, 5) is 19.2. The lowest BCUT2D eigenvalue weighted by atomic mass is 10.1. The van der Waals surface area contributed by atoms with E-state index in [2.05, 4.69) is 25.9 Å². The minimum atomic E-state index is -0.0411. The van der Waals surface area contributed by atoms with Crippen molar-refractivity contribution >= 4 is 15.9 Å². The molecule has 4 heteroatoms. The molecule has 0 unspecified atom stereocenters. The largest absolute Gasteiger partial charge is 0.306 e. The van der Waals surface area contributed by atoms with E-state index < -0.39 is 0 Å². The fourth-order valence-corrected chi connectivity index (χ4v) is 2.20. The molecule has 0 saturated heterocycles. The number of aromatic nitrogens is 2. The van der Waals surface area contributed by atoms with Crippen LogP contribution in [-0.2, 0) is 6.42 Å². The van der Waals surface area contributed by atoms with Crippen LogP contribution in [-0.4, -0.2) is 9.97 Å². The molecule has 2 rings (SSSR count). The number of halogens is 1. The molecule has 0 amide bonds. The number of nitrogens with one attached hydrogen (secondary N) is 1. The summed E-state index contributed by atoms with van der Waals surface area (Å²) in [6.45, 7) is 5.85. The maximum atomic E-state index is 11.9. The topological polar surface area (TPSA) is 45.8 Å². The minimum absolute atomic E-state index is 0.0411. The maximum Gasteiger partial charge on any atom is 0.254 e. The van der Waals surface area contributed by atoms with Crippen LogP contribution in [0.2, 0.25) is 0 Å². The van der Waals surface area contributed by atoms with Crippen LogP contribution in [0.3, 0.4) is 0 Å². The van der Waals surface area contributed by atoms with Gasteiger partial charge in [-0.15, -0.1) is 0 Å². The number of benzene rings is 1. The Hall–Kier alpha value is -1.42. The lowest BCUT2D eigenvalue weighted by Crippen LogP contribution is -2.16. The van der Waals surface area contributed by atoms with Crippen molar-refractivity contribution in [1.82, 2.24) is 9.97 Å². The second-order valence-corrected chi connectivity index (χ2v) is 5.15. The van der Waals surface area contributed by atoms with E-state index in [1.807, 2.05) is 39.0 Å². The first-order chi connectivity index (χ1) is 8.52. The Morgan fingerprint density at radius 2 is 2.06 bits per heavy atom. The molecule has 0 fully saturated rings. The zero-order valence-corrected chi connectivity index (χ0v) is 12.3. The average molecular weight is 307 g/mol. The molecule has 1 N–H and O–H groups in total. The molecule has 0 atom stereocenters. The molecular weight excluding hydrogens is 292 g/mol. The Morgan fingerprint density at radius 1 is 1.33 bits per heavy atom. The van der Waals surface area contributed by atoms with E-state index in [1.165, 1.54) is 0 Å². The summed E-state index contributed by atoms with van der Waals surface area (Å²) in [5, 5.41) is 0. The number of hydrogen-bond donors (Lipinski definition) is 1. The molecular formula is C14H15BrN2O. The molecule has 1 aromatic heterocycles. The number of aromatic amines is 1. The highest BCUT2D eigenvalue weighted by Gasteiger charge is 2.08. The van der Waals surface area contributed by atoms with Crippen LogP contribution in [0.4, 0.5) is 0 Å². The van der Waals surface area contributed by atoms with Crippen LogP contribution in [0.5, 0.6) is 0 Å². The van der Waals surface area contributed by atoms with E-state index in [9.17, 15) is 4.79 Å². The van der Waals surface area contributed by atoms with E-state index >= 15 is 0 Å². The summed E-state index contributed by atoms with van der Waals surface area (Å²) >= 11 is 3.46. The molecule has 0 aliphatic heterocycles.